The normalized spacial score (nSPS) is 10.1. The summed E-state index contributed by atoms with van der Waals surface area (Å²) in [6, 6.07) is 3.65. The Kier molecular flexibility index (Phi) is 5.25. The first kappa shape index (κ1) is 13.8. The van der Waals surface area contributed by atoms with E-state index in [2.05, 4.69) is 10.1 Å². The Morgan fingerprint density at radius 2 is 2.12 bits per heavy atom. The van der Waals surface area contributed by atoms with Crippen LogP contribution in [0.4, 0.5) is 0 Å². The second-order valence-corrected chi connectivity index (χ2v) is 4.03. The molecular weight excluding hydrogens is 242 g/mol. The third-order valence-corrected chi connectivity index (χ3v) is 2.55. The number of methoxy groups -OCH3 is 2. The Bertz CT molecular complexity index is 407. The average Bonchev–Trinajstić information content (AvgIpc) is 2.28. The Morgan fingerprint density at radius 1 is 1.41 bits per heavy atom. The number of rotatable bonds is 5. The molecule has 17 heavy (non-hydrogen) atoms. The molecule has 0 amide bonds. The molecule has 0 bridgehead atoms. The first-order valence-corrected chi connectivity index (χ1v) is 5.56. The average molecular weight is 258 g/mol. The van der Waals surface area contributed by atoms with Gasteiger partial charge in [-0.2, -0.15) is 0 Å². The minimum Gasteiger partial charge on any atom is -0.496 e. The van der Waals surface area contributed by atoms with E-state index in [0.29, 0.717) is 11.6 Å². The van der Waals surface area contributed by atoms with E-state index in [1.165, 1.54) is 7.11 Å². The predicted octanol–water partition coefficient (Wildman–Crippen LogP) is 1.92. The molecule has 0 spiro atoms. The molecule has 0 aromatic heterocycles. The fourth-order valence-electron chi connectivity index (χ4n) is 1.59. The summed E-state index contributed by atoms with van der Waals surface area (Å²) in [6.07, 6.45) is 0. The van der Waals surface area contributed by atoms with E-state index in [-0.39, 0.29) is 12.5 Å². The summed E-state index contributed by atoms with van der Waals surface area (Å²) in [5.74, 6) is 0.481. The second-order valence-electron chi connectivity index (χ2n) is 3.59. The maximum absolute atomic E-state index is 10.9. The number of hydrogen-bond acceptors (Lipinski definition) is 4. The van der Waals surface area contributed by atoms with E-state index in [1.54, 1.807) is 7.11 Å². The van der Waals surface area contributed by atoms with E-state index >= 15 is 0 Å². The summed E-state index contributed by atoms with van der Waals surface area (Å²) in [7, 11) is 2.97. The molecule has 0 radical (unpaired) electrons. The van der Waals surface area contributed by atoms with E-state index in [9.17, 15) is 4.79 Å². The smallest absolute Gasteiger partial charge is 0.319 e. The molecule has 0 aliphatic carbocycles. The van der Waals surface area contributed by atoms with Crippen molar-refractivity contribution in [3.8, 4) is 5.75 Å². The quantitative estimate of drug-likeness (QED) is 0.819. The number of carbonyl (C=O) groups is 1. The summed E-state index contributed by atoms with van der Waals surface area (Å²) in [5, 5.41) is 3.62. The van der Waals surface area contributed by atoms with Crippen LogP contribution in [0.15, 0.2) is 12.1 Å². The van der Waals surface area contributed by atoms with Crippen LogP contribution in [-0.4, -0.2) is 26.7 Å². The lowest BCUT2D eigenvalue weighted by Crippen LogP contribution is -2.23. The SMILES string of the molecule is COC(=O)CNCc1cc(Cl)cc(C)c1OC. The van der Waals surface area contributed by atoms with Crippen molar-refractivity contribution in [2.24, 2.45) is 0 Å². The number of benzene rings is 1. The van der Waals surface area contributed by atoms with Crippen molar-refractivity contribution in [2.75, 3.05) is 20.8 Å². The van der Waals surface area contributed by atoms with E-state index < -0.39 is 0 Å². The lowest BCUT2D eigenvalue weighted by Gasteiger charge is -2.12. The zero-order chi connectivity index (χ0) is 12.8. The highest BCUT2D eigenvalue weighted by molar-refractivity contribution is 6.30. The van der Waals surface area contributed by atoms with Gasteiger partial charge in [-0.05, 0) is 24.6 Å². The lowest BCUT2D eigenvalue weighted by atomic mass is 10.1. The molecule has 1 rings (SSSR count). The van der Waals surface area contributed by atoms with Crippen LogP contribution >= 0.6 is 11.6 Å². The molecule has 0 aliphatic heterocycles. The van der Waals surface area contributed by atoms with Gasteiger partial charge in [0.1, 0.15) is 5.75 Å². The number of esters is 1. The summed E-state index contributed by atoms with van der Waals surface area (Å²) in [4.78, 5) is 10.9. The molecular formula is C12H16ClNO3. The zero-order valence-electron chi connectivity index (χ0n) is 10.2. The fraction of sp³-hybridized carbons (Fsp3) is 0.417. The van der Waals surface area contributed by atoms with Crippen molar-refractivity contribution in [2.45, 2.75) is 13.5 Å². The third-order valence-electron chi connectivity index (χ3n) is 2.33. The maximum Gasteiger partial charge on any atom is 0.319 e. The van der Waals surface area contributed by atoms with Crippen LogP contribution < -0.4 is 10.1 Å². The summed E-state index contributed by atoms with van der Waals surface area (Å²) in [5.41, 5.74) is 1.89. The molecule has 0 saturated carbocycles. The van der Waals surface area contributed by atoms with Gasteiger partial charge in [-0.3, -0.25) is 4.79 Å². The molecule has 0 aliphatic rings. The van der Waals surface area contributed by atoms with Gasteiger partial charge in [-0.1, -0.05) is 11.6 Å². The van der Waals surface area contributed by atoms with Gasteiger partial charge < -0.3 is 14.8 Å². The fourth-order valence-corrected chi connectivity index (χ4v) is 1.89. The number of carbonyl (C=O) groups excluding carboxylic acids is 1. The Labute approximate surface area is 106 Å². The molecule has 0 unspecified atom stereocenters. The van der Waals surface area contributed by atoms with Crippen molar-refractivity contribution in [3.63, 3.8) is 0 Å². The largest absolute Gasteiger partial charge is 0.496 e. The molecule has 0 fully saturated rings. The molecule has 4 nitrogen and oxygen atoms in total. The van der Waals surface area contributed by atoms with Crippen molar-refractivity contribution in [1.29, 1.82) is 0 Å². The number of nitrogens with one attached hydrogen (secondary N) is 1. The minimum absolute atomic E-state index is 0.158. The molecule has 1 N–H and O–H groups in total. The molecule has 1 aromatic rings. The number of ether oxygens (including phenoxy) is 2. The van der Waals surface area contributed by atoms with Crippen LogP contribution in [0.5, 0.6) is 5.75 Å². The van der Waals surface area contributed by atoms with Crippen molar-refractivity contribution >= 4 is 17.6 Å². The molecule has 0 saturated heterocycles. The Morgan fingerprint density at radius 3 is 2.71 bits per heavy atom. The zero-order valence-corrected chi connectivity index (χ0v) is 10.9. The number of aryl methyl sites for hydroxylation is 1. The van der Waals surface area contributed by atoms with Gasteiger partial charge in [0.25, 0.3) is 0 Å². The monoisotopic (exact) mass is 257 g/mol. The minimum atomic E-state index is -0.303. The molecule has 1 aromatic carbocycles. The number of halogens is 1. The lowest BCUT2D eigenvalue weighted by molar-refractivity contribution is -0.139. The van der Waals surface area contributed by atoms with Crippen LogP contribution in [-0.2, 0) is 16.1 Å². The van der Waals surface area contributed by atoms with Gasteiger partial charge in [0.2, 0.25) is 0 Å². The highest BCUT2D eigenvalue weighted by Crippen LogP contribution is 2.27. The van der Waals surface area contributed by atoms with Crippen molar-refractivity contribution in [1.82, 2.24) is 5.32 Å². The van der Waals surface area contributed by atoms with Gasteiger partial charge in [0, 0.05) is 17.1 Å². The topological polar surface area (TPSA) is 47.6 Å². The maximum atomic E-state index is 10.9. The van der Waals surface area contributed by atoms with Crippen LogP contribution in [0.2, 0.25) is 5.02 Å². The summed E-state index contributed by atoms with van der Waals surface area (Å²) in [6.45, 7) is 2.58. The van der Waals surface area contributed by atoms with Gasteiger partial charge >= 0.3 is 5.97 Å². The molecule has 0 atom stereocenters. The van der Waals surface area contributed by atoms with Gasteiger partial charge in [-0.25, -0.2) is 0 Å². The van der Waals surface area contributed by atoms with Gasteiger partial charge in [-0.15, -0.1) is 0 Å². The van der Waals surface area contributed by atoms with E-state index in [0.717, 1.165) is 16.9 Å². The van der Waals surface area contributed by atoms with Crippen LogP contribution in [0.3, 0.4) is 0 Å². The highest BCUT2D eigenvalue weighted by Gasteiger charge is 2.08. The third kappa shape index (κ3) is 3.91. The van der Waals surface area contributed by atoms with Gasteiger partial charge in [0.05, 0.1) is 20.8 Å². The molecule has 94 valence electrons. The summed E-state index contributed by atoms with van der Waals surface area (Å²) >= 11 is 5.97. The standard InChI is InChI=1S/C12H16ClNO3/c1-8-4-10(13)5-9(12(8)17-3)6-14-7-11(15)16-2/h4-5,14H,6-7H2,1-3H3. The highest BCUT2D eigenvalue weighted by atomic mass is 35.5. The molecule has 5 heteroatoms. The van der Waals surface area contributed by atoms with Crippen molar-refractivity contribution in [3.05, 3.63) is 28.3 Å². The second kappa shape index (κ2) is 6.47. The number of hydrogen-bond donors (Lipinski definition) is 1. The van der Waals surface area contributed by atoms with Crippen LogP contribution in [0.1, 0.15) is 11.1 Å². The Balaban J connectivity index is 2.72. The summed E-state index contributed by atoms with van der Waals surface area (Å²) < 4.78 is 9.83. The van der Waals surface area contributed by atoms with Crippen LogP contribution in [0, 0.1) is 6.92 Å². The van der Waals surface area contributed by atoms with Crippen LogP contribution in [0.25, 0.3) is 0 Å². The molecule has 0 heterocycles. The van der Waals surface area contributed by atoms with E-state index in [4.69, 9.17) is 16.3 Å². The first-order chi connectivity index (χ1) is 8.08. The van der Waals surface area contributed by atoms with Crippen molar-refractivity contribution < 1.29 is 14.3 Å². The van der Waals surface area contributed by atoms with Gasteiger partial charge in [0.15, 0.2) is 0 Å². The Hall–Kier alpha value is -1.26. The van der Waals surface area contributed by atoms with E-state index in [1.807, 2.05) is 19.1 Å². The first-order valence-electron chi connectivity index (χ1n) is 5.19. The predicted molar refractivity (Wildman–Crippen MR) is 66.5 cm³/mol.